The van der Waals surface area contributed by atoms with Crippen molar-refractivity contribution in [3.8, 4) is 0 Å². The number of likely N-dealkylation sites (N-methyl/N-ethyl adjacent to an activating group) is 1. The van der Waals surface area contributed by atoms with E-state index < -0.39 is 27.7 Å². The van der Waals surface area contributed by atoms with Gasteiger partial charge in [-0.25, -0.2) is 0 Å². The minimum Gasteiger partial charge on any atom is -0.292 e. The van der Waals surface area contributed by atoms with Gasteiger partial charge >= 0.3 is 0 Å². The summed E-state index contributed by atoms with van der Waals surface area (Å²) in [4.78, 5) is 32.0. The van der Waals surface area contributed by atoms with Crippen molar-refractivity contribution in [1.82, 2.24) is 4.90 Å². The molecule has 0 spiro atoms. The van der Waals surface area contributed by atoms with Crippen LogP contribution in [0.2, 0.25) is 0 Å². The van der Waals surface area contributed by atoms with E-state index in [4.69, 9.17) is 0 Å². The monoisotopic (exact) mass is 203 g/mol. The molecule has 0 aromatic heterocycles. The van der Waals surface area contributed by atoms with Crippen LogP contribution in [-0.2, 0) is 4.79 Å². The zero-order chi connectivity index (χ0) is 10.9. The van der Waals surface area contributed by atoms with E-state index in [0.29, 0.717) is 0 Å². The third-order valence-electron chi connectivity index (χ3n) is 2.14. The van der Waals surface area contributed by atoms with Crippen LogP contribution in [0.3, 0.4) is 0 Å². The van der Waals surface area contributed by atoms with Gasteiger partial charge in [0.25, 0.3) is 17.9 Å². The number of carbonyl (C=O) groups is 1. The van der Waals surface area contributed by atoms with Crippen LogP contribution >= 0.6 is 0 Å². The van der Waals surface area contributed by atoms with Gasteiger partial charge in [-0.1, -0.05) is 0 Å². The van der Waals surface area contributed by atoms with Crippen molar-refractivity contribution in [1.29, 1.82) is 0 Å². The van der Waals surface area contributed by atoms with Crippen molar-refractivity contribution < 1.29 is 14.6 Å². The molecule has 2 unspecified atom stereocenters. The van der Waals surface area contributed by atoms with Gasteiger partial charge in [0.15, 0.2) is 0 Å². The molecule has 1 aliphatic rings. The number of Topliss-reactive ketones (excluding diaryl/α,β-unsaturated/α-hetero) is 1. The molecular formula is C6H9N3O5. The van der Waals surface area contributed by atoms with Gasteiger partial charge in [0, 0.05) is 9.85 Å². The van der Waals surface area contributed by atoms with Gasteiger partial charge < -0.3 is 0 Å². The summed E-state index contributed by atoms with van der Waals surface area (Å²) < 4.78 is 0. The average molecular weight is 203 g/mol. The molecular weight excluding hydrogens is 194 g/mol. The van der Waals surface area contributed by atoms with Gasteiger partial charge in [-0.15, -0.1) is 0 Å². The van der Waals surface area contributed by atoms with Crippen molar-refractivity contribution in [3.63, 3.8) is 0 Å². The predicted octanol–water partition coefficient (Wildman–Crippen LogP) is -1.21. The second kappa shape index (κ2) is 3.66. The van der Waals surface area contributed by atoms with Crippen molar-refractivity contribution in [2.24, 2.45) is 0 Å². The summed E-state index contributed by atoms with van der Waals surface area (Å²) in [6, 6.07) is -2.94. The lowest BCUT2D eigenvalue weighted by atomic mass is 10.0. The highest BCUT2D eigenvalue weighted by Gasteiger charge is 2.47. The predicted molar refractivity (Wildman–Crippen MR) is 44.1 cm³/mol. The standard InChI is InChI=1S/C6H9N3O5/c1-7-2-4(8(11)12)6(10)5(3-7)9(13)14/h4-5H,2-3H2,1H3. The lowest BCUT2D eigenvalue weighted by Gasteiger charge is -2.25. The zero-order valence-electron chi connectivity index (χ0n) is 7.45. The lowest BCUT2D eigenvalue weighted by molar-refractivity contribution is -0.538. The van der Waals surface area contributed by atoms with E-state index in [9.17, 15) is 25.0 Å². The van der Waals surface area contributed by atoms with Crippen molar-refractivity contribution in [3.05, 3.63) is 20.2 Å². The van der Waals surface area contributed by atoms with Crippen LogP contribution in [0.5, 0.6) is 0 Å². The number of hydrogen-bond donors (Lipinski definition) is 0. The fraction of sp³-hybridized carbons (Fsp3) is 0.833. The third kappa shape index (κ3) is 1.84. The molecule has 0 aromatic rings. The fourth-order valence-electron chi connectivity index (χ4n) is 1.41. The summed E-state index contributed by atoms with van der Waals surface area (Å²) in [7, 11) is 1.51. The zero-order valence-corrected chi connectivity index (χ0v) is 7.45. The maximum Gasteiger partial charge on any atom is 0.289 e. The SMILES string of the molecule is CN1CC([N+](=O)[O-])C(=O)C([N+](=O)[O-])C1. The second-order valence-corrected chi connectivity index (χ2v) is 3.23. The Hall–Kier alpha value is -1.57. The summed E-state index contributed by atoms with van der Waals surface area (Å²) in [5, 5.41) is 20.8. The van der Waals surface area contributed by atoms with Crippen molar-refractivity contribution in [2.75, 3.05) is 20.1 Å². The minimum absolute atomic E-state index is 0.0594. The number of nitrogens with zero attached hydrogens (tertiary/aromatic N) is 3. The first kappa shape index (κ1) is 10.5. The van der Waals surface area contributed by atoms with Crippen molar-refractivity contribution in [2.45, 2.75) is 12.1 Å². The molecule has 8 nitrogen and oxygen atoms in total. The van der Waals surface area contributed by atoms with E-state index in [0.717, 1.165) is 0 Å². The third-order valence-corrected chi connectivity index (χ3v) is 2.14. The molecule has 0 aromatic carbocycles. The Morgan fingerprint density at radius 2 is 1.57 bits per heavy atom. The molecule has 0 aliphatic carbocycles. The second-order valence-electron chi connectivity index (χ2n) is 3.23. The highest BCUT2D eigenvalue weighted by atomic mass is 16.6. The van der Waals surface area contributed by atoms with E-state index in [-0.39, 0.29) is 13.1 Å². The maximum absolute atomic E-state index is 11.2. The van der Waals surface area contributed by atoms with Crippen LogP contribution in [0.1, 0.15) is 0 Å². The number of piperidine rings is 1. The maximum atomic E-state index is 11.2. The summed E-state index contributed by atoms with van der Waals surface area (Å²) in [6.45, 7) is -0.119. The first-order valence-electron chi connectivity index (χ1n) is 3.92. The summed E-state index contributed by atoms with van der Waals surface area (Å²) in [6.07, 6.45) is 0. The molecule has 14 heavy (non-hydrogen) atoms. The molecule has 0 N–H and O–H groups in total. The number of nitro groups is 2. The molecule has 0 amide bonds. The van der Waals surface area contributed by atoms with Crippen LogP contribution in [-0.4, -0.2) is 52.8 Å². The molecule has 0 saturated carbocycles. The van der Waals surface area contributed by atoms with Gasteiger partial charge in [-0.3, -0.25) is 29.9 Å². The lowest BCUT2D eigenvalue weighted by Crippen LogP contribution is -2.56. The van der Waals surface area contributed by atoms with Crippen LogP contribution < -0.4 is 0 Å². The van der Waals surface area contributed by atoms with Crippen molar-refractivity contribution >= 4 is 5.78 Å². The molecule has 1 saturated heterocycles. The van der Waals surface area contributed by atoms with Gasteiger partial charge in [0.2, 0.25) is 0 Å². The van der Waals surface area contributed by atoms with Gasteiger partial charge in [-0.05, 0) is 7.05 Å². The number of ketones is 1. The molecule has 0 radical (unpaired) electrons. The molecule has 8 heteroatoms. The first-order chi connectivity index (χ1) is 6.43. The molecule has 1 aliphatic heterocycles. The van der Waals surface area contributed by atoms with Gasteiger partial charge in [0.1, 0.15) is 0 Å². The van der Waals surface area contributed by atoms with Gasteiger partial charge in [-0.2, -0.15) is 0 Å². The van der Waals surface area contributed by atoms with E-state index in [1.165, 1.54) is 11.9 Å². The topological polar surface area (TPSA) is 107 Å². The van der Waals surface area contributed by atoms with E-state index in [1.807, 2.05) is 0 Å². The Bertz CT molecular complexity index is 265. The minimum atomic E-state index is -1.47. The largest absolute Gasteiger partial charge is 0.292 e. The molecule has 1 rings (SSSR count). The Labute approximate surface area is 78.8 Å². The number of carbonyl (C=O) groups excluding carboxylic acids is 1. The molecule has 0 bridgehead atoms. The first-order valence-corrected chi connectivity index (χ1v) is 3.92. The normalized spacial score (nSPS) is 28.8. The molecule has 1 fully saturated rings. The number of rotatable bonds is 2. The summed E-state index contributed by atoms with van der Waals surface area (Å²) >= 11 is 0. The highest BCUT2D eigenvalue weighted by molar-refractivity contribution is 5.88. The Balaban J connectivity index is 2.86. The van der Waals surface area contributed by atoms with Crippen LogP contribution in [0.4, 0.5) is 0 Å². The quantitative estimate of drug-likeness (QED) is 0.411. The summed E-state index contributed by atoms with van der Waals surface area (Å²) in [5.74, 6) is -0.905. The van der Waals surface area contributed by atoms with E-state index in [1.54, 1.807) is 0 Å². The van der Waals surface area contributed by atoms with Crippen LogP contribution in [0.15, 0.2) is 0 Å². The van der Waals surface area contributed by atoms with E-state index >= 15 is 0 Å². The highest BCUT2D eigenvalue weighted by Crippen LogP contribution is 2.10. The van der Waals surface area contributed by atoms with Gasteiger partial charge in [0.05, 0.1) is 13.1 Å². The Kier molecular flexibility index (Phi) is 2.75. The summed E-state index contributed by atoms with van der Waals surface area (Å²) in [5.41, 5.74) is 0. The van der Waals surface area contributed by atoms with Crippen LogP contribution in [0.25, 0.3) is 0 Å². The number of likely N-dealkylation sites (tertiary alicyclic amines) is 1. The van der Waals surface area contributed by atoms with Crippen LogP contribution in [0, 0.1) is 20.2 Å². The Morgan fingerprint density at radius 1 is 1.21 bits per heavy atom. The fourth-order valence-corrected chi connectivity index (χ4v) is 1.41. The number of hydrogen-bond acceptors (Lipinski definition) is 6. The Morgan fingerprint density at radius 3 is 1.86 bits per heavy atom. The average Bonchev–Trinajstić information content (AvgIpc) is 2.07. The molecule has 2 atom stereocenters. The molecule has 78 valence electrons. The smallest absolute Gasteiger partial charge is 0.289 e. The van der Waals surface area contributed by atoms with E-state index in [2.05, 4.69) is 0 Å². The molecule has 1 heterocycles.